The van der Waals surface area contributed by atoms with E-state index in [9.17, 15) is 9.59 Å². The molecule has 5 aromatic carbocycles. The maximum atomic E-state index is 12.9. The SMILES string of the molecule is COc1ccc(C(=O)/C=C\c2ccc3ccc4c(c3c2)-c2c(ccc3c2C[C@H](/C=C\C(=O)c2ccc(OC)cc2)C=C3)OCO4)cc1. The second kappa shape index (κ2) is 12.9. The molecule has 1 atom stereocenters. The molecule has 2 aliphatic rings. The summed E-state index contributed by atoms with van der Waals surface area (Å²) in [5, 5.41) is 2.04. The van der Waals surface area contributed by atoms with E-state index >= 15 is 0 Å². The zero-order valence-corrected chi connectivity index (χ0v) is 26.1. The van der Waals surface area contributed by atoms with Gasteiger partial charge in [-0.15, -0.1) is 0 Å². The zero-order valence-electron chi connectivity index (χ0n) is 26.1. The minimum Gasteiger partial charge on any atom is -0.497 e. The van der Waals surface area contributed by atoms with E-state index in [1.54, 1.807) is 74.9 Å². The first-order valence-electron chi connectivity index (χ1n) is 15.4. The molecular formula is C41H32O6. The summed E-state index contributed by atoms with van der Waals surface area (Å²) in [5.74, 6) is 2.76. The largest absolute Gasteiger partial charge is 0.497 e. The first-order valence-corrected chi connectivity index (χ1v) is 15.4. The van der Waals surface area contributed by atoms with Crippen molar-refractivity contribution in [2.45, 2.75) is 6.42 Å². The summed E-state index contributed by atoms with van der Waals surface area (Å²) >= 11 is 0. The number of rotatable bonds is 8. The van der Waals surface area contributed by atoms with Crippen molar-refractivity contribution in [3.05, 3.63) is 143 Å². The van der Waals surface area contributed by atoms with Crippen LogP contribution in [0, 0.1) is 5.92 Å². The van der Waals surface area contributed by atoms with Crippen LogP contribution in [-0.4, -0.2) is 32.6 Å². The Bertz CT molecular complexity index is 2080. The highest BCUT2D eigenvalue weighted by molar-refractivity contribution is 6.08. The van der Waals surface area contributed by atoms with Gasteiger partial charge < -0.3 is 18.9 Å². The summed E-state index contributed by atoms with van der Waals surface area (Å²) in [6.45, 7) is 0.0930. The van der Waals surface area contributed by atoms with Gasteiger partial charge >= 0.3 is 0 Å². The molecule has 0 saturated carbocycles. The van der Waals surface area contributed by atoms with E-state index in [-0.39, 0.29) is 24.3 Å². The number of ether oxygens (including phenoxy) is 4. The molecule has 1 heterocycles. The van der Waals surface area contributed by atoms with Gasteiger partial charge in [0.15, 0.2) is 11.6 Å². The number of ketones is 2. The molecule has 1 aliphatic carbocycles. The normalized spacial score (nSPS) is 14.9. The summed E-state index contributed by atoms with van der Waals surface area (Å²) in [6.07, 6.45) is 12.0. The van der Waals surface area contributed by atoms with Gasteiger partial charge in [0.25, 0.3) is 0 Å². The Morgan fingerprint density at radius 1 is 0.723 bits per heavy atom. The van der Waals surface area contributed by atoms with Gasteiger partial charge in [-0.1, -0.05) is 48.6 Å². The molecule has 0 saturated heterocycles. The van der Waals surface area contributed by atoms with Crippen LogP contribution in [0.5, 0.6) is 23.0 Å². The van der Waals surface area contributed by atoms with E-state index in [1.165, 1.54) is 0 Å². The van der Waals surface area contributed by atoms with Gasteiger partial charge in [-0.25, -0.2) is 0 Å². The van der Waals surface area contributed by atoms with Crippen LogP contribution in [0.3, 0.4) is 0 Å². The lowest BCUT2D eigenvalue weighted by Gasteiger charge is -2.22. The fourth-order valence-corrected chi connectivity index (χ4v) is 6.12. The number of benzene rings is 5. The second-order valence-corrected chi connectivity index (χ2v) is 11.4. The minimum absolute atomic E-state index is 0.0151. The molecule has 6 heteroatoms. The van der Waals surface area contributed by atoms with E-state index in [0.29, 0.717) is 29.0 Å². The van der Waals surface area contributed by atoms with Crippen LogP contribution in [-0.2, 0) is 6.42 Å². The number of hydrogen-bond acceptors (Lipinski definition) is 6. The van der Waals surface area contributed by atoms with Gasteiger partial charge in [-0.05, 0) is 119 Å². The van der Waals surface area contributed by atoms with Crippen LogP contribution in [0.15, 0.2) is 115 Å². The third-order valence-electron chi connectivity index (χ3n) is 8.63. The first kappa shape index (κ1) is 29.8. The molecule has 1 aliphatic heterocycles. The van der Waals surface area contributed by atoms with Gasteiger partial charge in [0, 0.05) is 22.3 Å². The molecule has 0 fully saturated rings. The fourth-order valence-electron chi connectivity index (χ4n) is 6.12. The lowest BCUT2D eigenvalue weighted by Crippen LogP contribution is -2.08. The van der Waals surface area contributed by atoms with Crippen LogP contribution in [0.1, 0.15) is 37.4 Å². The van der Waals surface area contributed by atoms with E-state index in [0.717, 1.165) is 50.1 Å². The standard InChI is InChI=1S/C41H32O6/c1-44-32-15-9-30(10-16-32)36(42)19-5-26-3-7-28-13-21-38-40(34(28)23-26)41-35-24-27(4-8-29(35)14-22-39(41)47-25-46-38)6-20-37(43)31-11-17-33(45-2)18-12-31/h3-23,27H,24-25H2,1-2H3/b19-5-,20-6-/t27-/m0/s1. The van der Waals surface area contributed by atoms with E-state index in [1.807, 2.05) is 36.4 Å². The van der Waals surface area contributed by atoms with Crippen molar-refractivity contribution in [3.8, 4) is 34.1 Å². The molecule has 47 heavy (non-hydrogen) atoms. The average Bonchev–Trinajstić information content (AvgIpc) is 3.32. The Balaban J connectivity index is 1.23. The van der Waals surface area contributed by atoms with Gasteiger partial charge in [-0.3, -0.25) is 9.59 Å². The van der Waals surface area contributed by atoms with Gasteiger partial charge in [0.05, 0.1) is 14.2 Å². The van der Waals surface area contributed by atoms with Crippen molar-refractivity contribution in [1.29, 1.82) is 0 Å². The number of hydrogen-bond donors (Lipinski definition) is 0. The van der Waals surface area contributed by atoms with E-state index in [2.05, 4.69) is 30.4 Å². The molecule has 0 N–H and O–H groups in total. The smallest absolute Gasteiger partial charge is 0.230 e. The highest BCUT2D eigenvalue weighted by Crippen LogP contribution is 2.48. The topological polar surface area (TPSA) is 71.1 Å². The van der Waals surface area contributed by atoms with Crippen LogP contribution in [0.25, 0.3) is 34.1 Å². The molecule has 7 rings (SSSR count). The zero-order chi connectivity index (χ0) is 32.3. The van der Waals surface area contributed by atoms with Crippen molar-refractivity contribution >= 4 is 34.5 Å². The monoisotopic (exact) mass is 620 g/mol. The van der Waals surface area contributed by atoms with Crippen molar-refractivity contribution in [2.24, 2.45) is 5.92 Å². The summed E-state index contributed by atoms with van der Waals surface area (Å²) in [7, 11) is 3.20. The van der Waals surface area contributed by atoms with Crippen molar-refractivity contribution in [3.63, 3.8) is 0 Å². The number of carbonyl (C=O) groups is 2. The lowest BCUT2D eigenvalue weighted by atomic mass is 9.82. The third kappa shape index (κ3) is 6.06. The van der Waals surface area contributed by atoms with Crippen molar-refractivity contribution in [1.82, 2.24) is 0 Å². The maximum absolute atomic E-state index is 12.9. The Hall–Kier alpha value is -5.88. The summed E-state index contributed by atoms with van der Waals surface area (Å²) in [4.78, 5) is 25.8. The predicted molar refractivity (Wildman–Crippen MR) is 185 cm³/mol. The van der Waals surface area contributed by atoms with E-state index in [4.69, 9.17) is 18.9 Å². The minimum atomic E-state index is -0.0906. The number of fused-ring (bicyclic) bond motifs is 7. The third-order valence-corrected chi connectivity index (χ3v) is 8.63. The Kier molecular flexibility index (Phi) is 8.15. The highest BCUT2D eigenvalue weighted by Gasteiger charge is 2.26. The number of carbonyl (C=O) groups excluding carboxylic acids is 2. The van der Waals surface area contributed by atoms with Crippen LogP contribution >= 0.6 is 0 Å². The number of allylic oxidation sites excluding steroid dienone is 4. The number of methoxy groups -OCH3 is 2. The van der Waals surface area contributed by atoms with Gasteiger partial charge in [0.2, 0.25) is 6.79 Å². The maximum Gasteiger partial charge on any atom is 0.230 e. The first-order chi connectivity index (χ1) is 23.0. The summed E-state index contributed by atoms with van der Waals surface area (Å²) < 4.78 is 22.7. The Labute approximate surface area is 273 Å². The van der Waals surface area contributed by atoms with Gasteiger partial charge in [-0.2, -0.15) is 0 Å². The second-order valence-electron chi connectivity index (χ2n) is 11.4. The quantitative estimate of drug-likeness (QED) is 0.128. The lowest BCUT2D eigenvalue weighted by molar-refractivity contribution is 0.103. The molecule has 6 nitrogen and oxygen atoms in total. The molecule has 0 spiro atoms. The summed E-state index contributed by atoms with van der Waals surface area (Å²) in [5.41, 5.74) is 6.26. The Morgan fingerprint density at radius 2 is 1.34 bits per heavy atom. The predicted octanol–water partition coefficient (Wildman–Crippen LogP) is 8.77. The molecule has 0 bridgehead atoms. The molecule has 232 valence electrons. The molecular weight excluding hydrogens is 588 g/mol. The van der Waals surface area contributed by atoms with Gasteiger partial charge in [0.1, 0.15) is 23.0 Å². The molecule has 0 amide bonds. The molecule has 5 aromatic rings. The highest BCUT2D eigenvalue weighted by atomic mass is 16.7. The average molecular weight is 621 g/mol. The fraction of sp³-hybridized carbons (Fsp3) is 0.122. The Morgan fingerprint density at radius 3 is 2.02 bits per heavy atom. The van der Waals surface area contributed by atoms with Crippen molar-refractivity contribution in [2.75, 3.05) is 21.0 Å². The molecule has 0 aromatic heterocycles. The summed E-state index contributed by atoms with van der Waals surface area (Å²) in [6, 6.07) is 28.5. The van der Waals surface area contributed by atoms with Crippen LogP contribution in [0.4, 0.5) is 0 Å². The molecule has 0 radical (unpaired) electrons. The van der Waals surface area contributed by atoms with Crippen LogP contribution in [0.2, 0.25) is 0 Å². The van der Waals surface area contributed by atoms with Crippen molar-refractivity contribution < 1.29 is 28.5 Å². The van der Waals surface area contributed by atoms with E-state index < -0.39 is 0 Å². The molecule has 0 unspecified atom stereocenters. The van der Waals surface area contributed by atoms with Crippen LogP contribution < -0.4 is 18.9 Å².